The molecule has 1 heterocycles. The average Bonchev–Trinajstić information content (AvgIpc) is 2.94. The van der Waals surface area contributed by atoms with E-state index >= 15 is 0 Å². The molecule has 37 heavy (non-hydrogen) atoms. The topological polar surface area (TPSA) is 59.3 Å². The van der Waals surface area contributed by atoms with E-state index in [0.29, 0.717) is 12.5 Å². The van der Waals surface area contributed by atoms with E-state index in [2.05, 4.69) is 40.9 Å². The van der Waals surface area contributed by atoms with Gasteiger partial charge in [-0.3, -0.25) is 9.36 Å². The summed E-state index contributed by atoms with van der Waals surface area (Å²) in [5.41, 5.74) is 9.38. The van der Waals surface area contributed by atoms with E-state index in [1.807, 2.05) is 59.2 Å². The van der Waals surface area contributed by atoms with Crippen LogP contribution in [0.15, 0.2) is 94.8 Å². The molecule has 1 saturated carbocycles. The summed E-state index contributed by atoms with van der Waals surface area (Å²) >= 11 is 0. The molecule has 1 aromatic heterocycles. The Labute approximate surface area is 217 Å². The third-order valence-electron chi connectivity index (χ3n) is 7.96. The van der Waals surface area contributed by atoms with E-state index < -0.39 is 0 Å². The van der Waals surface area contributed by atoms with Gasteiger partial charge in [-0.1, -0.05) is 104 Å². The summed E-state index contributed by atoms with van der Waals surface area (Å²) in [6, 6.07) is 28.7. The van der Waals surface area contributed by atoms with Crippen molar-refractivity contribution in [2.45, 2.75) is 56.9 Å². The molecular weight excluding hydrogens is 456 g/mol. The highest BCUT2D eigenvalue weighted by atomic mass is 16.1. The summed E-state index contributed by atoms with van der Waals surface area (Å²) in [6.45, 7) is 0.546. The Kier molecular flexibility index (Phi) is 6.44. The first-order chi connectivity index (χ1) is 18.2. The molecule has 2 aliphatic rings. The van der Waals surface area contributed by atoms with Gasteiger partial charge in [0.05, 0.1) is 17.5 Å². The fourth-order valence-electron chi connectivity index (χ4n) is 6.12. The number of nitrogens with zero attached hydrogens (tertiary/aromatic N) is 3. The van der Waals surface area contributed by atoms with Crippen LogP contribution in [-0.4, -0.2) is 15.8 Å². The molecule has 0 bridgehead atoms. The fraction of sp³-hybridized carbons (Fsp3) is 0.281. The Morgan fingerprint density at radius 1 is 0.892 bits per heavy atom. The van der Waals surface area contributed by atoms with Crippen molar-refractivity contribution in [3.8, 4) is 11.3 Å². The Morgan fingerprint density at radius 3 is 2.38 bits per heavy atom. The van der Waals surface area contributed by atoms with Crippen molar-refractivity contribution in [3.63, 3.8) is 0 Å². The standard InChI is InChI=1S/C32H32N4O/c37-30-28-29(27-17-9-8-16-26(27)22-32(28)19-10-3-11-20-32)34-31(35-33-23-25-14-6-2-7-15-25)36(30)21-18-24-12-4-1-5-13-24/h1-2,4-9,12-17,23H,3,10-11,18-22H2,(H,34,35)/b33-23-. The Hall–Kier alpha value is -3.99. The second-order valence-corrected chi connectivity index (χ2v) is 10.3. The first-order valence-corrected chi connectivity index (χ1v) is 13.4. The van der Waals surface area contributed by atoms with Gasteiger partial charge >= 0.3 is 0 Å². The lowest BCUT2D eigenvalue weighted by Crippen LogP contribution is -2.43. The molecule has 1 N–H and O–H groups in total. The summed E-state index contributed by atoms with van der Waals surface area (Å²) in [5, 5.41) is 4.48. The van der Waals surface area contributed by atoms with Crippen LogP contribution in [-0.2, 0) is 24.8 Å². The molecule has 0 radical (unpaired) electrons. The molecule has 2 aliphatic carbocycles. The quantitative estimate of drug-likeness (QED) is 0.254. The molecule has 1 fully saturated rings. The fourth-order valence-corrected chi connectivity index (χ4v) is 6.12. The molecule has 6 rings (SSSR count). The van der Waals surface area contributed by atoms with Gasteiger partial charge in [-0.05, 0) is 42.4 Å². The minimum atomic E-state index is -0.133. The molecule has 186 valence electrons. The zero-order chi connectivity index (χ0) is 25.1. The summed E-state index contributed by atoms with van der Waals surface area (Å²) in [4.78, 5) is 19.5. The number of benzene rings is 3. The number of aryl methyl sites for hydroxylation is 1. The van der Waals surface area contributed by atoms with Crippen LogP contribution in [0.25, 0.3) is 11.3 Å². The minimum absolute atomic E-state index is 0.0785. The maximum absolute atomic E-state index is 14.4. The normalized spacial score (nSPS) is 15.9. The highest BCUT2D eigenvalue weighted by Gasteiger charge is 2.43. The maximum Gasteiger partial charge on any atom is 0.259 e. The maximum atomic E-state index is 14.4. The largest absolute Gasteiger partial charge is 0.277 e. The molecule has 0 amide bonds. The SMILES string of the molecule is O=c1c2c(nc(N/N=C\c3ccccc3)n1CCc1ccccc1)-c1ccccc1CC21CCCCC1. The number of rotatable bonds is 6. The second-order valence-electron chi connectivity index (χ2n) is 10.3. The van der Waals surface area contributed by atoms with Crippen LogP contribution in [0.3, 0.4) is 0 Å². The molecule has 1 spiro atoms. The lowest BCUT2D eigenvalue weighted by Gasteiger charge is -2.42. The summed E-state index contributed by atoms with van der Waals surface area (Å²) in [6.07, 6.45) is 9.09. The van der Waals surface area contributed by atoms with Crippen LogP contribution in [0.2, 0.25) is 0 Å². The molecule has 5 nitrogen and oxygen atoms in total. The van der Waals surface area contributed by atoms with Gasteiger partial charge in [0.2, 0.25) is 5.95 Å². The average molecular weight is 489 g/mol. The van der Waals surface area contributed by atoms with Gasteiger partial charge in [-0.2, -0.15) is 5.10 Å². The number of hydrogen-bond donors (Lipinski definition) is 1. The monoisotopic (exact) mass is 488 g/mol. The van der Waals surface area contributed by atoms with Gasteiger partial charge in [-0.25, -0.2) is 10.4 Å². The third-order valence-corrected chi connectivity index (χ3v) is 7.96. The number of fused-ring (bicyclic) bond motifs is 4. The molecule has 5 heteroatoms. The van der Waals surface area contributed by atoms with E-state index in [-0.39, 0.29) is 11.0 Å². The number of aromatic nitrogens is 2. The van der Waals surface area contributed by atoms with Gasteiger partial charge < -0.3 is 0 Å². The number of hydrazone groups is 1. The van der Waals surface area contributed by atoms with Crippen molar-refractivity contribution in [2.75, 3.05) is 5.43 Å². The van der Waals surface area contributed by atoms with E-state index in [1.165, 1.54) is 17.5 Å². The predicted octanol–water partition coefficient (Wildman–Crippen LogP) is 6.36. The zero-order valence-electron chi connectivity index (χ0n) is 21.1. The summed E-state index contributed by atoms with van der Waals surface area (Å²) < 4.78 is 1.82. The van der Waals surface area contributed by atoms with Gasteiger partial charge in [0.15, 0.2) is 0 Å². The zero-order valence-corrected chi connectivity index (χ0v) is 21.1. The molecule has 0 saturated heterocycles. The van der Waals surface area contributed by atoms with E-state index in [1.54, 1.807) is 6.21 Å². The van der Waals surface area contributed by atoms with Crippen LogP contribution in [0.5, 0.6) is 0 Å². The second kappa shape index (κ2) is 10.2. The molecule has 4 aromatic rings. The van der Waals surface area contributed by atoms with E-state index in [4.69, 9.17) is 4.98 Å². The van der Waals surface area contributed by atoms with Crippen LogP contribution >= 0.6 is 0 Å². The van der Waals surface area contributed by atoms with E-state index in [0.717, 1.165) is 60.9 Å². The Morgan fingerprint density at radius 2 is 1.59 bits per heavy atom. The predicted molar refractivity (Wildman–Crippen MR) is 150 cm³/mol. The number of hydrogen-bond acceptors (Lipinski definition) is 4. The van der Waals surface area contributed by atoms with Gasteiger partial charge in [0.25, 0.3) is 5.56 Å². The van der Waals surface area contributed by atoms with Crippen LogP contribution in [0, 0.1) is 0 Å². The van der Waals surface area contributed by atoms with Crippen LogP contribution in [0.4, 0.5) is 5.95 Å². The van der Waals surface area contributed by atoms with Crippen LogP contribution < -0.4 is 11.0 Å². The van der Waals surface area contributed by atoms with Crippen molar-refractivity contribution in [3.05, 3.63) is 118 Å². The smallest absolute Gasteiger partial charge is 0.259 e. The highest BCUT2D eigenvalue weighted by molar-refractivity contribution is 5.80. The third kappa shape index (κ3) is 4.62. The lowest BCUT2D eigenvalue weighted by atomic mass is 9.62. The molecule has 3 aromatic carbocycles. The first-order valence-electron chi connectivity index (χ1n) is 13.4. The Bertz CT molecular complexity index is 1470. The highest BCUT2D eigenvalue weighted by Crippen LogP contribution is 2.48. The van der Waals surface area contributed by atoms with Crippen molar-refractivity contribution in [1.29, 1.82) is 0 Å². The lowest BCUT2D eigenvalue weighted by molar-refractivity contribution is 0.283. The number of nitrogens with one attached hydrogen (secondary N) is 1. The van der Waals surface area contributed by atoms with E-state index in [9.17, 15) is 4.79 Å². The minimum Gasteiger partial charge on any atom is -0.277 e. The summed E-state index contributed by atoms with van der Waals surface area (Å²) in [7, 11) is 0. The van der Waals surface area contributed by atoms with Crippen molar-refractivity contribution in [2.24, 2.45) is 5.10 Å². The molecule has 0 unspecified atom stereocenters. The van der Waals surface area contributed by atoms with Gasteiger partial charge in [-0.15, -0.1) is 0 Å². The molecule has 0 atom stereocenters. The van der Waals surface area contributed by atoms with Gasteiger partial charge in [0, 0.05) is 17.5 Å². The van der Waals surface area contributed by atoms with Crippen LogP contribution in [0.1, 0.15) is 54.4 Å². The number of anilines is 1. The summed E-state index contributed by atoms with van der Waals surface area (Å²) in [5.74, 6) is 0.495. The first kappa shape index (κ1) is 23.4. The Balaban J connectivity index is 1.47. The van der Waals surface area contributed by atoms with Crippen molar-refractivity contribution in [1.82, 2.24) is 9.55 Å². The molecule has 0 aliphatic heterocycles. The van der Waals surface area contributed by atoms with Crippen molar-refractivity contribution < 1.29 is 0 Å². The van der Waals surface area contributed by atoms with Crippen molar-refractivity contribution >= 4 is 12.2 Å². The molecular formula is C32H32N4O. The van der Waals surface area contributed by atoms with Gasteiger partial charge in [0.1, 0.15) is 0 Å².